The van der Waals surface area contributed by atoms with Crippen LogP contribution in [-0.4, -0.2) is 46.8 Å². The fourth-order valence-electron chi connectivity index (χ4n) is 4.19. The van der Waals surface area contributed by atoms with E-state index in [4.69, 9.17) is 9.47 Å². The van der Waals surface area contributed by atoms with Gasteiger partial charge in [-0.1, -0.05) is 90.0 Å². The van der Waals surface area contributed by atoms with E-state index < -0.39 is 30.1 Å². The summed E-state index contributed by atoms with van der Waals surface area (Å²) in [6.45, 7) is 5.59. The van der Waals surface area contributed by atoms with Crippen molar-refractivity contribution in [3.8, 4) is 0 Å². The van der Waals surface area contributed by atoms with E-state index in [1.807, 2.05) is 80.6 Å². The molecule has 0 radical (unpaired) electrons. The van der Waals surface area contributed by atoms with Crippen LogP contribution in [-0.2, 0) is 38.5 Å². The molecule has 0 aromatic heterocycles. The molecule has 200 valence electrons. The number of ether oxygens (including phenoxy) is 2. The number of hydrogen-bond donors (Lipinski definition) is 2. The zero-order valence-corrected chi connectivity index (χ0v) is 21.9. The number of carbonyl (C=O) groups excluding carboxylic acids is 2. The van der Waals surface area contributed by atoms with Gasteiger partial charge in [0.15, 0.2) is 6.04 Å². The number of carboxylic acids is 1. The SMILES string of the molecule is CCOC(=O)[C@H](Cc1ccccc1)N(N[C@@H](Cc1cc(C)cc(C)c1)C(=O)O)C(=O)OCc1ccccc1. The summed E-state index contributed by atoms with van der Waals surface area (Å²) in [6, 6.07) is 21.6. The molecule has 0 saturated heterocycles. The minimum atomic E-state index is -1.21. The molecule has 8 heteroatoms. The molecule has 0 aliphatic heterocycles. The third-order valence-corrected chi connectivity index (χ3v) is 5.86. The molecule has 0 saturated carbocycles. The molecule has 2 N–H and O–H groups in total. The fraction of sp³-hybridized carbons (Fsp3) is 0.300. The van der Waals surface area contributed by atoms with Gasteiger partial charge in [0.25, 0.3) is 0 Å². The molecule has 38 heavy (non-hydrogen) atoms. The molecule has 0 aliphatic carbocycles. The minimum Gasteiger partial charge on any atom is -0.480 e. The standard InChI is InChI=1S/C30H34N2O6/c1-4-37-29(35)27(19-23-11-7-5-8-12-23)32(30(36)38-20-24-13-9-6-10-14-24)31-26(28(33)34)18-25-16-21(2)15-22(3)17-25/h5-17,26-27,31H,4,18-20H2,1-3H3,(H,33,34)/t26-,27-/m0/s1. The first kappa shape index (κ1) is 28.4. The first-order chi connectivity index (χ1) is 18.3. The molecule has 3 rings (SSSR count). The maximum atomic E-state index is 13.4. The highest BCUT2D eigenvalue weighted by atomic mass is 16.6. The fourth-order valence-corrected chi connectivity index (χ4v) is 4.19. The van der Waals surface area contributed by atoms with Crippen LogP contribution in [0.2, 0.25) is 0 Å². The maximum Gasteiger partial charge on any atom is 0.425 e. The summed E-state index contributed by atoms with van der Waals surface area (Å²) in [5.41, 5.74) is 7.10. The molecule has 8 nitrogen and oxygen atoms in total. The molecular formula is C30H34N2O6. The Morgan fingerprint density at radius 2 is 1.39 bits per heavy atom. The molecule has 0 unspecified atom stereocenters. The van der Waals surface area contributed by atoms with Gasteiger partial charge >= 0.3 is 18.0 Å². The van der Waals surface area contributed by atoms with Crippen LogP contribution in [0.4, 0.5) is 4.79 Å². The van der Waals surface area contributed by atoms with Crippen LogP contribution in [0, 0.1) is 13.8 Å². The summed E-state index contributed by atoms with van der Waals surface area (Å²) in [5, 5.41) is 11.0. The second kappa shape index (κ2) is 13.9. The highest BCUT2D eigenvalue weighted by Gasteiger charge is 2.36. The summed E-state index contributed by atoms with van der Waals surface area (Å²) in [5.74, 6) is -1.84. The van der Waals surface area contributed by atoms with Gasteiger partial charge < -0.3 is 14.6 Å². The molecular weight excluding hydrogens is 484 g/mol. The second-order valence-electron chi connectivity index (χ2n) is 9.09. The van der Waals surface area contributed by atoms with E-state index in [1.165, 1.54) is 0 Å². The number of rotatable bonds is 12. The van der Waals surface area contributed by atoms with Gasteiger partial charge in [-0.15, -0.1) is 0 Å². The molecule has 2 atom stereocenters. The Morgan fingerprint density at radius 1 is 0.816 bits per heavy atom. The van der Waals surface area contributed by atoms with Gasteiger partial charge in [0.1, 0.15) is 12.6 Å². The number of aryl methyl sites for hydroxylation is 2. The van der Waals surface area contributed by atoms with Crippen molar-refractivity contribution in [2.24, 2.45) is 0 Å². The number of carbonyl (C=O) groups is 3. The summed E-state index contributed by atoms with van der Waals surface area (Å²) < 4.78 is 10.8. The predicted octanol–water partition coefficient (Wildman–Crippen LogP) is 4.62. The van der Waals surface area contributed by atoms with Crippen LogP contribution < -0.4 is 5.43 Å². The second-order valence-corrected chi connectivity index (χ2v) is 9.09. The highest BCUT2D eigenvalue weighted by Crippen LogP contribution is 2.16. The van der Waals surface area contributed by atoms with Crippen LogP contribution in [0.15, 0.2) is 78.9 Å². The van der Waals surface area contributed by atoms with Gasteiger partial charge in [-0.25, -0.2) is 20.0 Å². The quantitative estimate of drug-likeness (QED) is 0.266. The average molecular weight is 519 g/mol. The van der Waals surface area contributed by atoms with Gasteiger partial charge in [0.2, 0.25) is 0 Å². The van der Waals surface area contributed by atoms with Crippen LogP contribution in [0.3, 0.4) is 0 Å². The van der Waals surface area contributed by atoms with Gasteiger partial charge in [0.05, 0.1) is 6.61 Å². The van der Waals surface area contributed by atoms with Crippen molar-refractivity contribution in [3.05, 3.63) is 107 Å². The van der Waals surface area contributed by atoms with E-state index in [0.29, 0.717) is 0 Å². The zero-order valence-electron chi connectivity index (χ0n) is 21.9. The van der Waals surface area contributed by atoms with Crippen molar-refractivity contribution >= 4 is 18.0 Å². The smallest absolute Gasteiger partial charge is 0.425 e. The molecule has 0 bridgehead atoms. The Morgan fingerprint density at radius 3 is 1.95 bits per heavy atom. The molecule has 3 aromatic rings. The van der Waals surface area contributed by atoms with Crippen molar-refractivity contribution in [1.29, 1.82) is 0 Å². The number of esters is 1. The number of benzene rings is 3. The lowest BCUT2D eigenvalue weighted by molar-refractivity contribution is -0.152. The predicted molar refractivity (Wildman–Crippen MR) is 143 cm³/mol. The molecule has 3 aromatic carbocycles. The monoisotopic (exact) mass is 518 g/mol. The van der Waals surface area contributed by atoms with Crippen LogP contribution in [0.25, 0.3) is 0 Å². The van der Waals surface area contributed by atoms with Gasteiger partial charge in [-0.3, -0.25) is 4.79 Å². The zero-order chi connectivity index (χ0) is 27.5. The van der Waals surface area contributed by atoms with E-state index in [9.17, 15) is 19.5 Å². The average Bonchev–Trinajstić information content (AvgIpc) is 2.89. The number of hydrazine groups is 1. The Bertz CT molecular complexity index is 1200. The summed E-state index contributed by atoms with van der Waals surface area (Å²) in [7, 11) is 0. The Hall–Kier alpha value is -4.17. The number of carboxylic acid groups (broad SMARTS) is 1. The summed E-state index contributed by atoms with van der Waals surface area (Å²) in [6.07, 6.45) is -0.695. The number of hydrogen-bond acceptors (Lipinski definition) is 6. The Labute approximate surface area is 223 Å². The highest BCUT2D eigenvalue weighted by molar-refractivity contribution is 5.82. The normalized spacial score (nSPS) is 12.3. The maximum absolute atomic E-state index is 13.4. The third-order valence-electron chi connectivity index (χ3n) is 5.86. The van der Waals surface area contributed by atoms with Crippen molar-refractivity contribution in [3.63, 3.8) is 0 Å². The lowest BCUT2D eigenvalue weighted by Gasteiger charge is -2.32. The number of nitrogens with zero attached hydrogens (tertiary/aromatic N) is 1. The van der Waals surface area contributed by atoms with Gasteiger partial charge in [0, 0.05) is 12.8 Å². The summed E-state index contributed by atoms with van der Waals surface area (Å²) in [4.78, 5) is 38.9. The number of aliphatic carboxylic acids is 1. The van der Waals surface area contributed by atoms with Crippen molar-refractivity contribution < 1.29 is 29.0 Å². The first-order valence-corrected chi connectivity index (χ1v) is 12.5. The molecule has 0 aliphatic rings. The summed E-state index contributed by atoms with van der Waals surface area (Å²) >= 11 is 0. The lowest BCUT2D eigenvalue weighted by atomic mass is 10.0. The molecule has 1 amide bonds. The Balaban J connectivity index is 1.93. The van der Waals surface area contributed by atoms with Crippen molar-refractivity contribution in [2.45, 2.75) is 52.3 Å². The minimum absolute atomic E-state index is 0.0481. The molecule has 0 spiro atoms. The van der Waals surface area contributed by atoms with Crippen molar-refractivity contribution in [2.75, 3.05) is 6.61 Å². The number of nitrogens with one attached hydrogen (secondary N) is 1. The van der Waals surface area contributed by atoms with Gasteiger partial charge in [-0.05, 0) is 37.5 Å². The van der Waals surface area contributed by atoms with Crippen LogP contribution in [0.5, 0.6) is 0 Å². The van der Waals surface area contributed by atoms with E-state index in [2.05, 4.69) is 5.43 Å². The van der Waals surface area contributed by atoms with E-state index in [1.54, 1.807) is 19.1 Å². The lowest BCUT2D eigenvalue weighted by Crippen LogP contribution is -2.59. The van der Waals surface area contributed by atoms with Crippen LogP contribution in [0.1, 0.15) is 34.7 Å². The molecule has 0 heterocycles. The molecule has 0 fully saturated rings. The topological polar surface area (TPSA) is 105 Å². The van der Waals surface area contributed by atoms with E-state index >= 15 is 0 Å². The largest absolute Gasteiger partial charge is 0.480 e. The first-order valence-electron chi connectivity index (χ1n) is 12.5. The van der Waals surface area contributed by atoms with E-state index in [0.717, 1.165) is 32.8 Å². The van der Waals surface area contributed by atoms with E-state index in [-0.39, 0.29) is 26.1 Å². The number of amides is 1. The van der Waals surface area contributed by atoms with Gasteiger partial charge in [-0.2, -0.15) is 0 Å². The van der Waals surface area contributed by atoms with Crippen LogP contribution >= 0.6 is 0 Å². The third kappa shape index (κ3) is 8.45. The Kier molecular flexibility index (Phi) is 10.4. The van der Waals surface area contributed by atoms with Crippen molar-refractivity contribution in [1.82, 2.24) is 10.4 Å².